The zero-order valence-corrected chi connectivity index (χ0v) is 21.6. The maximum atomic E-state index is 13.4. The predicted octanol–water partition coefficient (Wildman–Crippen LogP) is 4.28. The second kappa shape index (κ2) is 11.0. The molecule has 0 aliphatic carbocycles. The molecule has 1 aromatic carbocycles. The van der Waals surface area contributed by atoms with E-state index in [1.807, 2.05) is 20.8 Å². The van der Waals surface area contributed by atoms with Crippen LogP contribution in [0.2, 0.25) is 0 Å². The summed E-state index contributed by atoms with van der Waals surface area (Å²) in [5.41, 5.74) is -1.52. The highest BCUT2D eigenvalue weighted by Gasteiger charge is 2.36. The monoisotopic (exact) mass is 464 g/mol. The van der Waals surface area contributed by atoms with Gasteiger partial charge in [-0.05, 0) is 74.8 Å². The molecule has 186 valence electrons. The van der Waals surface area contributed by atoms with Crippen LogP contribution in [0.25, 0.3) is 0 Å². The molecule has 0 fully saturated rings. The van der Waals surface area contributed by atoms with Crippen molar-refractivity contribution in [2.24, 2.45) is 0 Å². The summed E-state index contributed by atoms with van der Waals surface area (Å²) in [6.07, 6.45) is -1.44. The molecule has 2 N–H and O–H groups in total. The van der Waals surface area contributed by atoms with Crippen LogP contribution in [0.1, 0.15) is 80.8 Å². The van der Waals surface area contributed by atoms with Crippen LogP contribution in [0, 0.1) is 0 Å². The van der Waals surface area contributed by atoms with Crippen molar-refractivity contribution >= 4 is 18.0 Å². The molecule has 0 bridgehead atoms. The van der Waals surface area contributed by atoms with Gasteiger partial charge in [0.15, 0.2) is 6.04 Å². The first-order valence-corrected chi connectivity index (χ1v) is 11.1. The third-order valence-electron chi connectivity index (χ3n) is 4.02. The van der Waals surface area contributed by atoms with Crippen molar-refractivity contribution in [3.63, 3.8) is 0 Å². The van der Waals surface area contributed by atoms with Gasteiger partial charge in [0.25, 0.3) is 0 Å². The first-order chi connectivity index (χ1) is 14.9. The van der Waals surface area contributed by atoms with Gasteiger partial charge in [0.1, 0.15) is 17.2 Å². The zero-order valence-electron chi connectivity index (χ0n) is 21.6. The Morgan fingerprint density at radius 3 is 1.73 bits per heavy atom. The van der Waals surface area contributed by atoms with E-state index in [-0.39, 0.29) is 0 Å². The SMILES string of the molecule is CC(OC(C)(C)C)[C@H](NC(=O)[C@H](NC(=O)OC(C)(C)C)c1ccccc1)C(=O)OC(C)(C)C. The number of esters is 1. The average molecular weight is 465 g/mol. The molecule has 3 atom stereocenters. The van der Waals surface area contributed by atoms with Crippen LogP contribution in [0.3, 0.4) is 0 Å². The second-order valence-corrected chi connectivity index (χ2v) is 10.9. The molecular formula is C25H40N2O6. The van der Waals surface area contributed by atoms with Gasteiger partial charge in [0.05, 0.1) is 11.7 Å². The Bertz CT molecular complexity index is 803. The third kappa shape index (κ3) is 11.2. The van der Waals surface area contributed by atoms with Gasteiger partial charge in [-0.1, -0.05) is 30.3 Å². The Hall–Kier alpha value is -2.61. The van der Waals surface area contributed by atoms with E-state index in [1.165, 1.54) is 0 Å². The van der Waals surface area contributed by atoms with E-state index in [0.29, 0.717) is 5.56 Å². The standard InChI is InChI=1S/C25H40N2O6/c1-16(31-23(2,3)4)18(21(29)32-24(5,6)7)26-20(28)19(17-14-12-11-13-15-17)27-22(30)33-25(8,9)10/h11-16,18-19H,1-10H3,(H,26,28)(H,27,30)/t16?,18-,19+/m0/s1. The highest BCUT2D eigenvalue weighted by molar-refractivity contribution is 5.91. The molecule has 0 aliphatic rings. The molecule has 33 heavy (non-hydrogen) atoms. The van der Waals surface area contributed by atoms with Gasteiger partial charge in [-0.15, -0.1) is 0 Å². The summed E-state index contributed by atoms with van der Waals surface area (Å²) in [5, 5.41) is 5.32. The van der Waals surface area contributed by atoms with Gasteiger partial charge < -0.3 is 24.8 Å². The molecule has 0 aromatic heterocycles. The Labute approximate surface area is 197 Å². The van der Waals surface area contributed by atoms with E-state index in [2.05, 4.69) is 10.6 Å². The number of carbonyl (C=O) groups is 3. The molecule has 0 heterocycles. The van der Waals surface area contributed by atoms with Gasteiger partial charge in [-0.2, -0.15) is 0 Å². The zero-order chi connectivity index (χ0) is 25.6. The number of carbonyl (C=O) groups excluding carboxylic acids is 3. The fraction of sp³-hybridized carbons (Fsp3) is 0.640. The van der Waals surface area contributed by atoms with Gasteiger partial charge in [-0.25, -0.2) is 9.59 Å². The number of benzene rings is 1. The van der Waals surface area contributed by atoms with Crippen molar-refractivity contribution in [3.05, 3.63) is 35.9 Å². The first-order valence-electron chi connectivity index (χ1n) is 11.1. The summed E-state index contributed by atoms with van der Waals surface area (Å²) in [6, 6.07) is 6.54. The fourth-order valence-corrected chi connectivity index (χ4v) is 2.97. The van der Waals surface area contributed by atoms with E-state index < -0.39 is 53.0 Å². The number of amides is 2. The summed E-state index contributed by atoms with van der Waals surface area (Å²) >= 11 is 0. The van der Waals surface area contributed by atoms with Crippen molar-refractivity contribution in [1.29, 1.82) is 0 Å². The van der Waals surface area contributed by atoms with Crippen LogP contribution in [0.4, 0.5) is 4.79 Å². The van der Waals surface area contributed by atoms with Crippen molar-refractivity contribution < 1.29 is 28.6 Å². The van der Waals surface area contributed by atoms with Crippen molar-refractivity contribution in [1.82, 2.24) is 10.6 Å². The molecule has 0 radical (unpaired) electrons. The molecule has 1 rings (SSSR count). The van der Waals surface area contributed by atoms with Crippen LogP contribution in [0.5, 0.6) is 0 Å². The minimum Gasteiger partial charge on any atom is -0.458 e. The number of nitrogens with one attached hydrogen (secondary N) is 2. The number of hydrogen-bond donors (Lipinski definition) is 2. The van der Waals surface area contributed by atoms with Crippen LogP contribution in [0.15, 0.2) is 30.3 Å². The van der Waals surface area contributed by atoms with Crippen LogP contribution in [-0.2, 0) is 23.8 Å². The number of rotatable bonds is 7. The summed E-state index contributed by atoms with van der Waals surface area (Å²) < 4.78 is 16.8. The Kier molecular flexibility index (Phi) is 9.48. The van der Waals surface area contributed by atoms with Crippen molar-refractivity contribution in [2.75, 3.05) is 0 Å². The maximum absolute atomic E-state index is 13.4. The molecule has 8 heteroatoms. The molecule has 0 saturated carbocycles. The van der Waals surface area contributed by atoms with Gasteiger partial charge in [0.2, 0.25) is 5.91 Å². The predicted molar refractivity (Wildman–Crippen MR) is 127 cm³/mol. The largest absolute Gasteiger partial charge is 0.458 e. The highest BCUT2D eigenvalue weighted by atomic mass is 16.6. The lowest BCUT2D eigenvalue weighted by Gasteiger charge is -2.33. The molecule has 2 amide bonds. The minimum atomic E-state index is -1.09. The van der Waals surface area contributed by atoms with Gasteiger partial charge >= 0.3 is 12.1 Å². The number of alkyl carbamates (subject to hydrolysis) is 1. The Balaban J connectivity index is 3.22. The molecule has 1 aromatic rings. The lowest BCUT2D eigenvalue weighted by molar-refractivity contribution is -0.166. The van der Waals surface area contributed by atoms with E-state index >= 15 is 0 Å². The fourth-order valence-electron chi connectivity index (χ4n) is 2.97. The Morgan fingerprint density at radius 1 is 0.758 bits per heavy atom. The highest BCUT2D eigenvalue weighted by Crippen LogP contribution is 2.19. The smallest absolute Gasteiger partial charge is 0.408 e. The quantitative estimate of drug-likeness (QED) is 0.584. The van der Waals surface area contributed by atoms with E-state index in [1.54, 1.807) is 78.8 Å². The van der Waals surface area contributed by atoms with Gasteiger partial charge in [0, 0.05) is 0 Å². The lowest BCUT2D eigenvalue weighted by atomic mass is 10.0. The van der Waals surface area contributed by atoms with Crippen LogP contribution in [-0.4, -0.2) is 46.9 Å². The summed E-state index contributed by atoms with van der Waals surface area (Å²) in [6.45, 7) is 17.7. The minimum absolute atomic E-state index is 0.535. The Morgan fingerprint density at radius 2 is 1.27 bits per heavy atom. The molecular weight excluding hydrogens is 424 g/mol. The molecule has 8 nitrogen and oxygen atoms in total. The van der Waals surface area contributed by atoms with E-state index in [4.69, 9.17) is 14.2 Å². The average Bonchev–Trinajstić information content (AvgIpc) is 2.60. The van der Waals surface area contributed by atoms with Crippen molar-refractivity contribution in [3.8, 4) is 0 Å². The summed E-state index contributed by atoms with van der Waals surface area (Å²) in [5.74, 6) is -1.22. The molecule has 0 aliphatic heterocycles. The maximum Gasteiger partial charge on any atom is 0.408 e. The normalized spacial score (nSPS) is 15.1. The third-order valence-corrected chi connectivity index (χ3v) is 4.02. The van der Waals surface area contributed by atoms with E-state index in [0.717, 1.165) is 0 Å². The topological polar surface area (TPSA) is 103 Å². The summed E-state index contributed by atoms with van der Waals surface area (Å²) in [7, 11) is 0. The second-order valence-electron chi connectivity index (χ2n) is 10.9. The number of ether oxygens (including phenoxy) is 3. The lowest BCUT2D eigenvalue weighted by Crippen LogP contribution is -2.55. The van der Waals surface area contributed by atoms with Gasteiger partial charge in [-0.3, -0.25) is 4.79 Å². The van der Waals surface area contributed by atoms with E-state index in [9.17, 15) is 14.4 Å². The molecule has 0 saturated heterocycles. The van der Waals surface area contributed by atoms with Crippen molar-refractivity contribution in [2.45, 2.75) is 104 Å². The first kappa shape index (κ1) is 28.4. The number of hydrogen-bond acceptors (Lipinski definition) is 6. The molecule has 1 unspecified atom stereocenters. The van der Waals surface area contributed by atoms with Crippen LogP contribution < -0.4 is 10.6 Å². The van der Waals surface area contributed by atoms with Crippen LogP contribution >= 0.6 is 0 Å². The molecule has 0 spiro atoms. The summed E-state index contributed by atoms with van der Waals surface area (Å²) in [4.78, 5) is 38.8.